The zero-order chi connectivity index (χ0) is 11.4. The molecule has 1 atom stereocenters. The minimum Gasteiger partial charge on any atom is -0.381 e. The Morgan fingerprint density at radius 3 is 2.75 bits per heavy atom. The number of ether oxygens (including phenoxy) is 1. The van der Waals surface area contributed by atoms with Gasteiger partial charge in [-0.1, -0.05) is 6.42 Å². The Labute approximate surface area is 96.8 Å². The SMILES string of the molecule is N#CC1(CC2CCOCC2)CCCCC1=O. The van der Waals surface area contributed by atoms with Crippen molar-refractivity contribution in [1.82, 2.24) is 0 Å². The van der Waals surface area contributed by atoms with Crippen LogP contribution in [0.5, 0.6) is 0 Å². The Morgan fingerprint density at radius 2 is 2.12 bits per heavy atom. The standard InChI is InChI=1S/C13H19NO2/c14-10-13(6-2-1-3-12(13)15)9-11-4-7-16-8-5-11/h11H,1-9H2. The zero-order valence-corrected chi connectivity index (χ0v) is 9.71. The first kappa shape index (κ1) is 11.6. The van der Waals surface area contributed by atoms with E-state index in [9.17, 15) is 10.1 Å². The molecule has 1 unspecified atom stereocenters. The van der Waals surface area contributed by atoms with Crippen molar-refractivity contribution in [3.05, 3.63) is 0 Å². The third-order valence-electron chi connectivity index (χ3n) is 3.98. The molecule has 0 aromatic heterocycles. The van der Waals surface area contributed by atoms with Gasteiger partial charge in [0.15, 0.2) is 5.78 Å². The fourth-order valence-electron chi connectivity index (χ4n) is 2.91. The van der Waals surface area contributed by atoms with E-state index >= 15 is 0 Å². The lowest BCUT2D eigenvalue weighted by atomic mass is 9.68. The van der Waals surface area contributed by atoms with E-state index in [2.05, 4.69) is 6.07 Å². The molecule has 16 heavy (non-hydrogen) atoms. The topological polar surface area (TPSA) is 50.1 Å². The van der Waals surface area contributed by atoms with Gasteiger partial charge in [-0.05, 0) is 38.0 Å². The molecule has 2 fully saturated rings. The number of hydrogen-bond acceptors (Lipinski definition) is 3. The van der Waals surface area contributed by atoms with Gasteiger partial charge < -0.3 is 4.74 Å². The van der Waals surface area contributed by atoms with Crippen LogP contribution in [0, 0.1) is 22.7 Å². The second-order valence-corrected chi connectivity index (χ2v) is 5.08. The third-order valence-corrected chi connectivity index (χ3v) is 3.98. The number of nitrogens with zero attached hydrogens (tertiary/aromatic N) is 1. The van der Waals surface area contributed by atoms with Crippen LogP contribution < -0.4 is 0 Å². The number of nitriles is 1. The van der Waals surface area contributed by atoms with Crippen molar-refractivity contribution in [3.8, 4) is 6.07 Å². The molecule has 1 aliphatic carbocycles. The van der Waals surface area contributed by atoms with Crippen molar-refractivity contribution in [3.63, 3.8) is 0 Å². The van der Waals surface area contributed by atoms with Gasteiger partial charge in [-0.2, -0.15) is 5.26 Å². The summed E-state index contributed by atoms with van der Waals surface area (Å²) < 4.78 is 5.31. The van der Waals surface area contributed by atoms with Gasteiger partial charge in [-0.25, -0.2) is 0 Å². The van der Waals surface area contributed by atoms with Crippen molar-refractivity contribution >= 4 is 5.78 Å². The van der Waals surface area contributed by atoms with Crippen LogP contribution in [0.3, 0.4) is 0 Å². The molecule has 0 amide bonds. The molecular formula is C13H19NO2. The first-order valence-electron chi connectivity index (χ1n) is 6.29. The molecule has 0 N–H and O–H groups in total. The van der Waals surface area contributed by atoms with Gasteiger partial charge >= 0.3 is 0 Å². The molecule has 1 heterocycles. The lowest BCUT2D eigenvalue weighted by molar-refractivity contribution is -0.129. The van der Waals surface area contributed by atoms with Crippen LogP contribution in [-0.4, -0.2) is 19.0 Å². The summed E-state index contributed by atoms with van der Waals surface area (Å²) in [6, 6.07) is 2.32. The Kier molecular flexibility index (Phi) is 3.60. The van der Waals surface area contributed by atoms with Crippen molar-refractivity contribution in [2.45, 2.75) is 44.9 Å². The van der Waals surface area contributed by atoms with Gasteiger partial charge in [0.2, 0.25) is 0 Å². The van der Waals surface area contributed by atoms with Crippen LogP contribution >= 0.6 is 0 Å². The lowest BCUT2D eigenvalue weighted by Gasteiger charge is -2.33. The van der Waals surface area contributed by atoms with Crippen molar-refractivity contribution in [2.75, 3.05) is 13.2 Å². The zero-order valence-electron chi connectivity index (χ0n) is 9.71. The number of carbonyl (C=O) groups excluding carboxylic acids is 1. The van der Waals surface area contributed by atoms with E-state index in [1.54, 1.807) is 0 Å². The van der Waals surface area contributed by atoms with Crippen LogP contribution in [0.15, 0.2) is 0 Å². The summed E-state index contributed by atoms with van der Waals surface area (Å²) in [6.07, 6.45) is 6.17. The second kappa shape index (κ2) is 4.97. The molecule has 88 valence electrons. The molecule has 2 rings (SSSR count). The van der Waals surface area contributed by atoms with Crippen LogP contribution in [-0.2, 0) is 9.53 Å². The predicted octanol–water partition coefficient (Wildman–Crippen LogP) is 2.46. The predicted molar refractivity (Wildman–Crippen MR) is 59.7 cm³/mol. The minimum atomic E-state index is -0.653. The van der Waals surface area contributed by atoms with Crippen molar-refractivity contribution in [1.29, 1.82) is 5.26 Å². The molecule has 0 bridgehead atoms. The Bertz CT molecular complexity index is 302. The van der Waals surface area contributed by atoms with E-state index in [1.807, 2.05) is 0 Å². The summed E-state index contributed by atoms with van der Waals surface area (Å²) in [7, 11) is 0. The van der Waals surface area contributed by atoms with E-state index in [4.69, 9.17) is 4.74 Å². The molecule has 0 aromatic carbocycles. The second-order valence-electron chi connectivity index (χ2n) is 5.08. The fourth-order valence-corrected chi connectivity index (χ4v) is 2.91. The summed E-state index contributed by atoms with van der Waals surface area (Å²) >= 11 is 0. The molecule has 3 heteroatoms. The monoisotopic (exact) mass is 221 g/mol. The van der Waals surface area contributed by atoms with Crippen LogP contribution in [0.2, 0.25) is 0 Å². The Balaban J connectivity index is 2.03. The number of Topliss-reactive ketones (excluding diaryl/α,β-unsaturated/α-hetero) is 1. The maximum Gasteiger partial charge on any atom is 0.153 e. The van der Waals surface area contributed by atoms with Gasteiger partial charge in [0.25, 0.3) is 0 Å². The summed E-state index contributed by atoms with van der Waals surface area (Å²) in [6.45, 7) is 1.58. The summed E-state index contributed by atoms with van der Waals surface area (Å²) in [4.78, 5) is 12.0. The average molecular weight is 221 g/mol. The first-order chi connectivity index (χ1) is 7.77. The van der Waals surface area contributed by atoms with Crippen molar-refractivity contribution < 1.29 is 9.53 Å². The van der Waals surface area contributed by atoms with Crippen LogP contribution in [0.4, 0.5) is 0 Å². The highest BCUT2D eigenvalue weighted by Crippen LogP contribution is 2.40. The maximum absolute atomic E-state index is 12.0. The Morgan fingerprint density at radius 1 is 1.38 bits per heavy atom. The molecule has 0 spiro atoms. The lowest BCUT2D eigenvalue weighted by Crippen LogP contribution is -2.36. The van der Waals surface area contributed by atoms with Gasteiger partial charge in [-0.15, -0.1) is 0 Å². The quantitative estimate of drug-likeness (QED) is 0.719. The largest absolute Gasteiger partial charge is 0.381 e. The molecule has 0 aromatic rings. The van der Waals surface area contributed by atoms with Gasteiger partial charge in [0, 0.05) is 19.6 Å². The molecule has 2 aliphatic rings. The van der Waals surface area contributed by atoms with E-state index < -0.39 is 5.41 Å². The van der Waals surface area contributed by atoms with Crippen molar-refractivity contribution in [2.24, 2.45) is 11.3 Å². The van der Waals surface area contributed by atoms with E-state index in [0.29, 0.717) is 12.3 Å². The fraction of sp³-hybridized carbons (Fsp3) is 0.846. The van der Waals surface area contributed by atoms with Gasteiger partial charge in [-0.3, -0.25) is 4.79 Å². The first-order valence-corrected chi connectivity index (χ1v) is 6.29. The number of rotatable bonds is 2. The smallest absolute Gasteiger partial charge is 0.153 e. The highest BCUT2D eigenvalue weighted by molar-refractivity contribution is 5.88. The normalized spacial score (nSPS) is 32.3. The van der Waals surface area contributed by atoms with Gasteiger partial charge in [0.1, 0.15) is 5.41 Å². The molecule has 0 radical (unpaired) electrons. The number of carbonyl (C=O) groups is 1. The number of hydrogen-bond donors (Lipinski definition) is 0. The highest BCUT2D eigenvalue weighted by atomic mass is 16.5. The third kappa shape index (κ3) is 2.27. The van der Waals surface area contributed by atoms with Crippen LogP contribution in [0.1, 0.15) is 44.9 Å². The summed E-state index contributed by atoms with van der Waals surface area (Å²) in [5.41, 5.74) is -0.653. The molecule has 3 nitrogen and oxygen atoms in total. The summed E-state index contributed by atoms with van der Waals surface area (Å²) in [5.74, 6) is 0.697. The van der Waals surface area contributed by atoms with E-state index in [0.717, 1.165) is 51.7 Å². The average Bonchev–Trinajstić information content (AvgIpc) is 2.34. The molecular weight excluding hydrogens is 202 g/mol. The maximum atomic E-state index is 12.0. The molecule has 1 saturated carbocycles. The number of ketones is 1. The Hall–Kier alpha value is -0.880. The van der Waals surface area contributed by atoms with Crippen LogP contribution in [0.25, 0.3) is 0 Å². The van der Waals surface area contributed by atoms with E-state index in [1.165, 1.54) is 0 Å². The minimum absolute atomic E-state index is 0.188. The van der Waals surface area contributed by atoms with E-state index in [-0.39, 0.29) is 5.78 Å². The molecule has 1 saturated heterocycles. The summed E-state index contributed by atoms with van der Waals surface area (Å²) in [5, 5.41) is 9.34. The van der Waals surface area contributed by atoms with Gasteiger partial charge in [0.05, 0.1) is 6.07 Å². The highest BCUT2D eigenvalue weighted by Gasteiger charge is 2.41. The molecule has 1 aliphatic heterocycles.